The second-order valence-electron chi connectivity index (χ2n) is 4.29. The Kier molecular flexibility index (Phi) is 3.79. The molecule has 0 radical (unpaired) electrons. The molecule has 1 aromatic carbocycles. The number of amides is 1. The zero-order valence-corrected chi connectivity index (χ0v) is 10.5. The summed E-state index contributed by atoms with van der Waals surface area (Å²) in [6.45, 7) is 1.83. The van der Waals surface area contributed by atoms with Crippen LogP contribution in [0.2, 0.25) is 0 Å². The summed E-state index contributed by atoms with van der Waals surface area (Å²) in [4.78, 5) is 22.8. The van der Waals surface area contributed by atoms with E-state index < -0.39 is 5.97 Å². The molecule has 0 aliphatic heterocycles. The van der Waals surface area contributed by atoms with Crippen LogP contribution >= 0.6 is 0 Å². The summed E-state index contributed by atoms with van der Waals surface area (Å²) in [5, 5.41) is 18.9. The van der Waals surface area contributed by atoms with Gasteiger partial charge in [-0.15, -0.1) is 0 Å². The van der Waals surface area contributed by atoms with Crippen molar-refractivity contribution in [3.63, 3.8) is 0 Å². The molecule has 1 aromatic heterocycles. The van der Waals surface area contributed by atoms with Gasteiger partial charge in [-0.3, -0.25) is 14.7 Å². The molecule has 3 N–H and O–H groups in total. The lowest BCUT2D eigenvalue weighted by atomic mass is 10.1. The molecular formula is C13H15N3O3. The number of carboxylic acids is 1. The molecule has 1 unspecified atom stereocenters. The third kappa shape index (κ3) is 2.90. The Labute approximate surface area is 109 Å². The highest BCUT2D eigenvalue weighted by atomic mass is 16.4. The van der Waals surface area contributed by atoms with Gasteiger partial charge < -0.3 is 10.4 Å². The van der Waals surface area contributed by atoms with Gasteiger partial charge in [-0.1, -0.05) is 25.1 Å². The van der Waals surface area contributed by atoms with Crippen molar-refractivity contribution >= 4 is 22.8 Å². The van der Waals surface area contributed by atoms with Crippen LogP contribution in [0.15, 0.2) is 24.3 Å². The van der Waals surface area contributed by atoms with E-state index in [4.69, 9.17) is 5.11 Å². The van der Waals surface area contributed by atoms with Crippen LogP contribution < -0.4 is 5.32 Å². The number of carbonyl (C=O) groups excluding carboxylic acids is 1. The minimum Gasteiger partial charge on any atom is -0.481 e. The number of hydrogen-bond acceptors (Lipinski definition) is 3. The number of H-pyrrole nitrogens is 1. The third-order valence-electron chi connectivity index (χ3n) is 2.93. The molecule has 0 aliphatic carbocycles. The van der Waals surface area contributed by atoms with Crippen LogP contribution in [0.25, 0.3) is 10.9 Å². The number of aromatic amines is 1. The van der Waals surface area contributed by atoms with Gasteiger partial charge in [-0.05, 0) is 12.5 Å². The molecule has 6 nitrogen and oxygen atoms in total. The SMILES string of the molecule is CCC(CC(=O)O)NC(=O)c1n[nH]c2ccccc12. The van der Waals surface area contributed by atoms with E-state index in [1.165, 1.54) is 0 Å². The Morgan fingerprint density at radius 3 is 2.84 bits per heavy atom. The fourth-order valence-corrected chi connectivity index (χ4v) is 1.90. The highest BCUT2D eigenvalue weighted by Crippen LogP contribution is 2.15. The Hall–Kier alpha value is -2.37. The van der Waals surface area contributed by atoms with E-state index in [9.17, 15) is 9.59 Å². The number of aromatic nitrogens is 2. The molecule has 6 heteroatoms. The molecule has 0 saturated heterocycles. The summed E-state index contributed by atoms with van der Waals surface area (Å²) in [5.74, 6) is -1.29. The molecule has 1 atom stereocenters. The van der Waals surface area contributed by atoms with Crippen molar-refractivity contribution in [3.05, 3.63) is 30.0 Å². The van der Waals surface area contributed by atoms with Crippen molar-refractivity contribution in [1.29, 1.82) is 0 Å². The van der Waals surface area contributed by atoms with Crippen molar-refractivity contribution < 1.29 is 14.7 Å². The Bertz CT molecular complexity index is 606. The summed E-state index contributed by atoms with van der Waals surface area (Å²) in [5.41, 5.74) is 1.07. The first-order valence-electron chi connectivity index (χ1n) is 6.07. The second-order valence-corrected chi connectivity index (χ2v) is 4.29. The van der Waals surface area contributed by atoms with E-state index in [2.05, 4.69) is 15.5 Å². The van der Waals surface area contributed by atoms with Crippen molar-refractivity contribution in [1.82, 2.24) is 15.5 Å². The molecule has 0 saturated carbocycles. The number of benzene rings is 1. The normalized spacial score (nSPS) is 12.3. The summed E-state index contributed by atoms with van der Waals surface area (Å²) < 4.78 is 0. The van der Waals surface area contributed by atoms with Crippen LogP contribution in [-0.2, 0) is 4.79 Å². The van der Waals surface area contributed by atoms with Crippen LogP contribution in [0.1, 0.15) is 30.3 Å². The first kappa shape index (κ1) is 13.1. The number of carboxylic acid groups (broad SMARTS) is 1. The average Bonchev–Trinajstić information content (AvgIpc) is 2.81. The van der Waals surface area contributed by atoms with Gasteiger partial charge in [-0.25, -0.2) is 0 Å². The number of carbonyl (C=O) groups is 2. The van der Waals surface area contributed by atoms with Crippen molar-refractivity contribution in [3.8, 4) is 0 Å². The lowest BCUT2D eigenvalue weighted by molar-refractivity contribution is -0.137. The highest BCUT2D eigenvalue weighted by molar-refractivity contribution is 6.04. The van der Waals surface area contributed by atoms with Crippen LogP contribution in [-0.4, -0.2) is 33.2 Å². The maximum atomic E-state index is 12.1. The summed E-state index contributed by atoms with van der Waals surface area (Å²) in [6.07, 6.45) is 0.463. The summed E-state index contributed by atoms with van der Waals surface area (Å²) in [7, 11) is 0. The lowest BCUT2D eigenvalue weighted by Gasteiger charge is -2.13. The van der Waals surface area contributed by atoms with Crippen LogP contribution in [0, 0.1) is 0 Å². The molecule has 2 aromatic rings. The van der Waals surface area contributed by atoms with E-state index in [1.807, 2.05) is 25.1 Å². The largest absolute Gasteiger partial charge is 0.481 e. The van der Waals surface area contributed by atoms with Gasteiger partial charge in [0.2, 0.25) is 0 Å². The van der Waals surface area contributed by atoms with Gasteiger partial charge in [0.1, 0.15) is 0 Å². The van der Waals surface area contributed by atoms with Crippen molar-refractivity contribution in [2.45, 2.75) is 25.8 Å². The molecular weight excluding hydrogens is 246 g/mol. The van der Waals surface area contributed by atoms with Crippen LogP contribution in [0.5, 0.6) is 0 Å². The topological polar surface area (TPSA) is 95.1 Å². The van der Waals surface area contributed by atoms with Gasteiger partial charge in [0.25, 0.3) is 5.91 Å². The van der Waals surface area contributed by atoms with E-state index in [0.29, 0.717) is 12.1 Å². The van der Waals surface area contributed by atoms with Crippen LogP contribution in [0.4, 0.5) is 0 Å². The van der Waals surface area contributed by atoms with E-state index >= 15 is 0 Å². The molecule has 0 spiro atoms. The van der Waals surface area contributed by atoms with Gasteiger partial charge in [-0.2, -0.15) is 5.10 Å². The Balaban J connectivity index is 2.17. The molecule has 0 bridgehead atoms. The first-order chi connectivity index (χ1) is 9.11. The minimum atomic E-state index is -0.931. The van der Waals surface area contributed by atoms with Crippen molar-refractivity contribution in [2.24, 2.45) is 0 Å². The third-order valence-corrected chi connectivity index (χ3v) is 2.93. The fourth-order valence-electron chi connectivity index (χ4n) is 1.90. The predicted octanol–water partition coefficient (Wildman–Crippen LogP) is 1.55. The van der Waals surface area contributed by atoms with E-state index in [0.717, 1.165) is 10.9 Å². The van der Waals surface area contributed by atoms with E-state index in [-0.39, 0.29) is 18.4 Å². The standard InChI is InChI=1S/C13H15N3O3/c1-2-8(7-11(17)18)14-13(19)12-9-5-3-4-6-10(9)15-16-12/h3-6,8H,2,7H2,1H3,(H,14,19)(H,15,16)(H,17,18). The Morgan fingerprint density at radius 1 is 1.42 bits per heavy atom. The second kappa shape index (κ2) is 5.51. The molecule has 0 aliphatic rings. The number of rotatable bonds is 5. The number of hydrogen-bond donors (Lipinski definition) is 3. The zero-order chi connectivity index (χ0) is 13.8. The maximum Gasteiger partial charge on any atom is 0.305 e. The molecule has 2 rings (SSSR count). The van der Waals surface area contributed by atoms with Crippen LogP contribution in [0.3, 0.4) is 0 Å². The van der Waals surface area contributed by atoms with Gasteiger partial charge in [0.05, 0.1) is 11.9 Å². The maximum absolute atomic E-state index is 12.1. The highest BCUT2D eigenvalue weighted by Gasteiger charge is 2.18. The zero-order valence-electron chi connectivity index (χ0n) is 10.5. The molecule has 1 heterocycles. The Morgan fingerprint density at radius 2 is 2.16 bits per heavy atom. The number of nitrogens with one attached hydrogen (secondary N) is 2. The molecule has 19 heavy (non-hydrogen) atoms. The van der Waals surface area contributed by atoms with Gasteiger partial charge >= 0.3 is 5.97 Å². The number of fused-ring (bicyclic) bond motifs is 1. The average molecular weight is 261 g/mol. The molecule has 1 amide bonds. The fraction of sp³-hybridized carbons (Fsp3) is 0.308. The van der Waals surface area contributed by atoms with Crippen molar-refractivity contribution in [2.75, 3.05) is 0 Å². The molecule has 100 valence electrons. The monoisotopic (exact) mass is 261 g/mol. The van der Waals surface area contributed by atoms with Gasteiger partial charge in [0, 0.05) is 11.4 Å². The number of nitrogens with zero attached hydrogens (tertiary/aromatic N) is 1. The van der Waals surface area contributed by atoms with E-state index in [1.54, 1.807) is 6.07 Å². The van der Waals surface area contributed by atoms with Gasteiger partial charge in [0.15, 0.2) is 5.69 Å². The summed E-state index contributed by atoms with van der Waals surface area (Å²) in [6, 6.07) is 6.91. The smallest absolute Gasteiger partial charge is 0.305 e. The lowest BCUT2D eigenvalue weighted by Crippen LogP contribution is -2.36. The number of aliphatic carboxylic acids is 1. The minimum absolute atomic E-state index is 0.0927. The first-order valence-corrected chi connectivity index (χ1v) is 6.07. The summed E-state index contributed by atoms with van der Waals surface area (Å²) >= 11 is 0. The quantitative estimate of drug-likeness (QED) is 0.760. The number of para-hydroxylation sites is 1. The molecule has 0 fully saturated rings. The predicted molar refractivity (Wildman–Crippen MR) is 69.9 cm³/mol.